The lowest BCUT2D eigenvalue weighted by molar-refractivity contribution is -0.137. The van der Waals surface area contributed by atoms with Gasteiger partial charge in [-0.2, -0.15) is 18.3 Å². The van der Waals surface area contributed by atoms with Crippen LogP contribution >= 0.6 is 0 Å². The van der Waals surface area contributed by atoms with Crippen LogP contribution in [0.1, 0.15) is 29.8 Å². The van der Waals surface area contributed by atoms with E-state index in [0.717, 1.165) is 12.1 Å². The van der Waals surface area contributed by atoms with Gasteiger partial charge in [-0.1, -0.05) is 0 Å². The van der Waals surface area contributed by atoms with Crippen LogP contribution in [0.2, 0.25) is 0 Å². The average molecular weight is 463 g/mol. The molecule has 0 saturated carbocycles. The molecule has 0 unspecified atom stereocenters. The Morgan fingerprint density at radius 1 is 1.18 bits per heavy atom. The standard InChI is InChI=1S/C22H24F3N5O3/c1-5-30(14(2)13-33-18-8-6-15(12-26-18)22(23,24)25)21(31)16-7-9-19(32-4)27-20(16)17-10-11-29(3)28-17/h6-12,14H,5,13H2,1-4H3/t14-/m0/s1. The Morgan fingerprint density at radius 2 is 1.91 bits per heavy atom. The van der Waals surface area contributed by atoms with Crippen molar-refractivity contribution < 1.29 is 27.4 Å². The second kappa shape index (κ2) is 9.88. The van der Waals surface area contributed by atoms with Gasteiger partial charge in [0.2, 0.25) is 11.8 Å². The number of hydrogen-bond acceptors (Lipinski definition) is 6. The number of ether oxygens (including phenoxy) is 2. The van der Waals surface area contributed by atoms with Crippen molar-refractivity contribution in [3.8, 4) is 23.1 Å². The second-order valence-electron chi connectivity index (χ2n) is 7.26. The predicted octanol–water partition coefficient (Wildman–Crippen LogP) is 3.83. The number of carbonyl (C=O) groups excluding carboxylic acids is 1. The van der Waals surface area contributed by atoms with Crippen molar-refractivity contribution in [2.45, 2.75) is 26.1 Å². The molecule has 3 aromatic rings. The van der Waals surface area contributed by atoms with E-state index in [0.29, 0.717) is 35.6 Å². The van der Waals surface area contributed by atoms with Crippen molar-refractivity contribution >= 4 is 5.91 Å². The minimum absolute atomic E-state index is 0.0404. The van der Waals surface area contributed by atoms with Crippen LogP contribution in [0.3, 0.4) is 0 Å². The number of amides is 1. The minimum atomic E-state index is -4.47. The first-order chi connectivity index (χ1) is 15.6. The molecular weight excluding hydrogens is 439 g/mol. The smallest absolute Gasteiger partial charge is 0.417 e. The highest BCUT2D eigenvalue weighted by Gasteiger charge is 2.31. The molecule has 0 aliphatic carbocycles. The molecule has 33 heavy (non-hydrogen) atoms. The number of hydrogen-bond donors (Lipinski definition) is 0. The first-order valence-corrected chi connectivity index (χ1v) is 10.2. The van der Waals surface area contributed by atoms with Gasteiger partial charge in [0.1, 0.15) is 18.0 Å². The third kappa shape index (κ3) is 5.60. The number of likely N-dealkylation sites (N-methyl/N-ethyl adjacent to an activating group) is 1. The molecule has 0 bridgehead atoms. The molecule has 1 amide bonds. The Balaban J connectivity index is 1.78. The van der Waals surface area contributed by atoms with E-state index in [4.69, 9.17) is 9.47 Å². The van der Waals surface area contributed by atoms with Gasteiger partial charge < -0.3 is 14.4 Å². The largest absolute Gasteiger partial charge is 0.481 e. The molecule has 0 saturated heterocycles. The SMILES string of the molecule is CCN(C(=O)c1ccc(OC)nc1-c1ccn(C)n1)[C@@H](C)COc1ccc(C(F)(F)F)cn1. The maximum atomic E-state index is 13.4. The fraction of sp³-hybridized carbons (Fsp3) is 0.364. The summed E-state index contributed by atoms with van der Waals surface area (Å²) < 4.78 is 50.4. The highest BCUT2D eigenvalue weighted by atomic mass is 19.4. The summed E-state index contributed by atoms with van der Waals surface area (Å²) in [7, 11) is 3.25. The maximum absolute atomic E-state index is 13.4. The summed E-state index contributed by atoms with van der Waals surface area (Å²) >= 11 is 0. The van der Waals surface area contributed by atoms with Gasteiger partial charge in [0.15, 0.2) is 0 Å². The number of carbonyl (C=O) groups is 1. The fourth-order valence-corrected chi connectivity index (χ4v) is 3.20. The van der Waals surface area contributed by atoms with Gasteiger partial charge in [-0.3, -0.25) is 9.48 Å². The fourth-order valence-electron chi connectivity index (χ4n) is 3.20. The zero-order valence-electron chi connectivity index (χ0n) is 18.6. The number of alkyl halides is 3. The predicted molar refractivity (Wildman–Crippen MR) is 114 cm³/mol. The topological polar surface area (TPSA) is 82.4 Å². The van der Waals surface area contributed by atoms with Gasteiger partial charge in [0.25, 0.3) is 5.91 Å². The highest BCUT2D eigenvalue weighted by Crippen LogP contribution is 2.29. The molecule has 0 aromatic carbocycles. The molecule has 1 atom stereocenters. The van der Waals surface area contributed by atoms with Crippen molar-refractivity contribution in [1.29, 1.82) is 0 Å². The summed E-state index contributed by atoms with van der Waals surface area (Å²) in [5.74, 6) is 0.100. The molecule has 0 aliphatic rings. The molecule has 0 N–H and O–H groups in total. The van der Waals surface area contributed by atoms with Crippen LogP contribution in [0.4, 0.5) is 13.2 Å². The van der Waals surface area contributed by atoms with E-state index >= 15 is 0 Å². The van der Waals surface area contributed by atoms with Crippen LogP contribution in [-0.2, 0) is 13.2 Å². The summed E-state index contributed by atoms with van der Waals surface area (Å²) in [5, 5.41) is 4.34. The highest BCUT2D eigenvalue weighted by molar-refractivity contribution is 5.99. The Morgan fingerprint density at radius 3 is 2.45 bits per heavy atom. The molecule has 3 aromatic heterocycles. The van der Waals surface area contributed by atoms with Crippen LogP contribution in [0.25, 0.3) is 11.4 Å². The van der Waals surface area contributed by atoms with E-state index in [-0.39, 0.29) is 18.4 Å². The van der Waals surface area contributed by atoms with E-state index in [1.54, 1.807) is 47.9 Å². The molecule has 3 rings (SSSR count). The van der Waals surface area contributed by atoms with Crippen LogP contribution in [0.15, 0.2) is 42.7 Å². The zero-order chi connectivity index (χ0) is 24.2. The van der Waals surface area contributed by atoms with E-state index in [9.17, 15) is 18.0 Å². The summed E-state index contributed by atoms with van der Waals surface area (Å²) in [6.07, 6.45) is -2.01. The monoisotopic (exact) mass is 463 g/mol. The molecule has 3 heterocycles. The summed E-state index contributed by atoms with van der Waals surface area (Å²) in [4.78, 5) is 23.1. The Bertz CT molecular complexity index is 1100. The number of rotatable bonds is 8. The molecule has 0 aliphatic heterocycles. The first-order valence-electron chi connectivity index (χ1n) is 10.2. The van der Waals surface area contributed by atoms with Gasteiger partial charge in [-0.15, -0.1) is 0 Å². The van der Waals surface area contributed by atoms with Crippen molar-refractivity contribution in [2.24, 2.45) is 7.05 Å². The Hall–Kier alpha value is -3.63. The Kier molecular flexibility index (Phi) is 7.19. The van der Waals surface area contributed by atoms with Gasteiger partial charge in [0.05, 0.1) is 24.3 Å². The lowest BCUT2D eigenvalue weighted by atomic mass is 10.1. The van der Waals surface area contributed by atoms with Gasteiger partial charge in [-0.25, -0.2) is 9.97 Å². The summed E-state index contributed by atoms with van der Waals surface area (Å²) in [6, 6.07) is 6.63. The molecule has 176 valence electrons. The van der Waals surface area contributed by atoms with Gasteiger partial charge in [-0.05, 0) is 32.0 Å². The number of aryl methyl sites for hydroxylation is 1. The van der Waals surface area contributed by atoms with Crippen molar-refractivity contribution in [3.05, 3.63) is 53.9 Å². The maximum Gasteiger partial charge on any atom is 0.417 e. The summed E-state index contributed by atoms with van der Waals surface area (Å²) in [5.41, 5.74) is 0.391. The summed E-state index contributed by atoms with van der Waals surface area (Å²) in [6.45, 7) is 4.02. The third-order valence-electron chi connectivity index (χ3n) is 4.94. The van der Waals surface area contributed by atoms with Crippen LogP contribution in [0.5, 0.6) is 11.8 Å². The molecule has 0 fully saturated rings. The minimum Gasteiger partial charge on any atom is -0.481 e. The second-order valence-corrected chi connectivity index (χ2v) is 7.26. The molecule has 0 spiro atoms. The van der Waals surface area contributed by atoms with Crippen molar-refractivity contribution in [3.63, 3.8) is 0 Å². The molecule has 0 radical (unpaired) electrons. The Labute approximate surface area is 189 Å². The lowest BCUT2D eigenvalue weighted by Crippen LogP contribution is -2.42. The van der Waals surface area contributed by atoms with Gasteiger partial charge in [0, 0.05) is 38.1 Å². The normalized spacial score (nSPS) is 12.3. The van der Waals surface area contributed by atoms with Gasteiger partial charge >= 0.3 is 6.18 Å². The van der Waals surface area contributed by atoms with E-state index in [1.807, 2.05) is 6.92 Å². The quantitative estimate of drug-likeness (QED) is 0.505. The third-order valence-corrected chi connectivity index (χ3v) is 4.94. The lowest BCUT2D eigenvalue weighted by Gasteiger charge is -2.28. The number of aromatic nitrogens is 4. The molecule has 8 nitrogen and oxygen atoms in total. The van der Waals surface area contributed by atoms with E-state index < -0.39 is 17.8 Å². The van der Waals surface area contributed by atoms with Crippen LogP contribution in [0, 0.1) is 0 Å². The van der Waals surface area contributed by atoms with Crippen LogP contribution in [-0.4, -0.2) is 56.9 Å². The van der Waals surface area contributed by atoms with Crippen molar-refractivity contribution in [2.75, 3.05) is 20.3 Å². The number of pyridine rings is 2. The van der Waals surface area contributed by atoms with Crippen molar-refractivity contribution in [1.82, 2.24) is 24.6 Å². The zero-order valence-corrected chi connectivity index (χ0v) is 18.6. The molecule has 11 heteroatoms. The number of halogens is 3. The molecular formula is C22H24F3N5O3. The van der Waals surface area contributed by atoms with E-state index in [2.05, 4.69) is 15.1 Å². The van der Waals surface area contributed by atoms with Crippen LogP contribution < -0.4 is 9.47 Å². The van der Waals surface area contributed by atoms with E-state index in [1.165, 1.54) is 7.11 Å². The number of nitrogens with zero attached hydrogens (tertiary/aromatic N) is 5. The number of methoxy groups -OCH3 is 1. The average Bonchev–Trinajstić information content (AvgIpc) is 3.23. The first kappa shape index (κ1) is 24.0.